The van der Waals surface area contributed by atoms with E-state index < -0.39 is 0 Å². The molecule has 1 heterocycles. The van der Waals surface area contributed by atoms with Crippen molar-refractivity contribution in [1.82, 2.24) is 4.90 Å². The van der Waals surface area contributed by atoms with Crippen LogP contribution in [0.15, 0.2) is 11.2 Å². The van der Waals surface area contributed by atoms with E-state index in [1.165, 1.54) is 25.7 Å². The predicted molar refractivity (Wildman–Crippen MR) is 63.6 cm³/mol. The van der Waals surface area contributed by atoms with Crippen molar-refractivity contribution in [1.29, 1.82) is 0 Å². The lowest BCUT2D eigenvalue weighted by Crippen LogP contribution is -2.21. The van der Waals surface area contributed by atoms with Crippen LogP contribution in [0.5, 0.6) is 0 Å². The van der Waals surface area contributed by atoms with E-state index in [2.05, 4.69) is 6.92 Å². The summed E-state index contributed by atoms with van der Waals surface area (Å²) in [4.78, 5) is 13.0. The summed E-state index contributed by atoms with van der Waals surface area (Å²) in [6, 6.07) is 0. The van der Waals surface area contributed by atoms with Gasteiger partial charge in [0.15, 0.2) is 0 Å². The van der Waals surface area contributed by atoms with Crippen LogP contribution in [0.25, 0.3) is 0 Å². The van der Waals surface area contributed by atoms with E-state index in [1.54, 1.807) is 4.90 Å². The monoisotopic (exact) mass is 229 g/mol. The lowest BCUT2D eigenvalue weighted by atomic mass is 10.1. The number of hydrogen-bond donors (Lipinski definition) is 0. The molecule has 1 aliphatic rings. The standard InChI is InChI=1S/C12H20ClNO/c1-2-3-4-5-6-8-11(13)14-10-7-9-12(14)15/h8H,2-7,9-10H2,1H3/b11-8-. The Morgan fingerprint density at radius 1 is 1.47 bits per heavy atom. The number of allylic oxidation sites excluding steroid dienone is 1. The van der Waals surface area contributed by atoms with Crippen LogP contribution in [0.1, 0.15) is 51.9 Å². The molecule has 0 atom stereocenters. The average Bonchev–Trinajstić information content (AvgIpc) is 2.64. The number of likely N-dealkylation sites (tertiary alicyclic amines) is 1. The average molecular weight is 230 g/mol. The molecular weight excluding hydrogens is 210 g/mol. The maximum absolute atomic E-state index is 11.4. The first-order valence-electron chi connectivity index (χ1n) is 5.91. The SMILES string of the molecule is CCCCCC/C=C(/Cl)N1CCCC1=O. The summed E-state index contributed by atoms with van der Waals surface area (Å²) in [5, 5.41) is 0.633. The van der Waals surface area contributed by atoms with Gasteiger partial charge in [0.05, 0.1) is 0 Å². The highest BCUT2D eigenvalue weighted by Gasteiger charge is 2.21. The summed E-state index contributed by atoms with van der Waals surface area (Å²) in [6.07, 6.45) is 9.54. The Morgan fingerprint density at radius 2 is 2.27 bits per heavy atom. The van der Waals surface area contributed by atoms with Crippen LogP contribution in [-0.2, 0) is 4.79 Å². The Kier molecular flexibility index (Phi) is 5.77. The Labute approximate surface area is 97.3 Å². The van der Waals surface area contributed by atoms with Gasteiger partial charge in [-0.2, -0.15) is 0 Å². The van der Waals surface area contributed by atoms with E-state index in [-0.39, 0.29) is 5.91 Å². The van der Waals surface area contributed by atoms with Crippen molar-refractivity contribution in [3.8, 4) is 0 Å². The first kappa shape index (κ1) is 12.6. The second kappa shape index (κ2) is 6.89. The van der Waals surface area contributed by atoms with Crippen LogP contribution in [0.2, 0.25) is 0 Å². The van der Waals surface area contributed by atoms with E-state index in [9.17, 15) is 4.79 Å². The second-order valence-corrected chi connectivity index (χ2v) is 4.41. The number of halogens is 1. The quantitative estimate of drug-likeness (QED) is 0.503. The summed E-state index contributed by atoms with van der Waals surface area (Å²) in [6.45, 7) is 2.99. The molecule has 1 fully saturated rings. The second-order valence-electron chi connectivity index (χ2n) is 4.03. The van der Waals surface area contributed by atoms with Gasteiger partial charge in [0, 0.05) is 13.0 Å². The molecule has 1 amide bonds. The molecule has 1 rings (SSSR count). The highest BCUT2D eigenvalue weighted by molar-refractivity contribution is 6.30. The van der Waals surface area contributed by atoms with Gasteiger partial charge in [0.25, 0.3) is 0 Å². The van der Waals surface area contributed by atoms with Crippen molar-refractivity contribution in [2.24, 2.45) is 0 Å². The number of rotatable bonds is 6. The molecule has 15 heavy (non-hydrogen) atoms. The third-order valence-corrected chi connectivity index (χ3v) is 3.06. The molecule has 0 unspecified atom stereocenters. The molecule has 1 saturated heterocycles. The van der Waals surface area contributed by atoms with Crippen LogP contribution in [0.4, 0.5) is 0 Å². The molecule has 0 aliphatic carbocycles. The highest BCUT2D eigenvalue weighted by atomic mass is 35.5. The third-order valence-electron chi connectivity index (χ3n) is 2.70. The normalized spacial score (nSPS) is 17.6. The summed E-state index contributed by atoms with van der Waals surface area (Å²) >= 11 is 6.06. The molecule has 0 saturated carbocycles. The third kappa shape index (κ3) is 4.25. The van der Waals surface area contributed by atoms with Crippen molar-refractivity contribution in [3.05, 3.63) is 11.2 Å². The van der Waals surface area contributed by atoms with Crippen molar-refractivity contribution in [2.75, 3.05) is 6.54 Å². The Balaban J connectivity index is 2.23. The van der Waals surface area contributed by atoms with Crippen molar-refractivity contribution < 1.29 is 4.79 Å². The zero-order valence-corrected chi connectivity index (χ0v) is 10.2. The fourth-order valence-corrected chi connectivity index (χ4v) is 2.06. The van der Waals surface area contributed by atoms with Gasteiger partial charge >= 0.3 is 0 Å². The van der Waals surface area contributed by atoms with Gasteiger partial charge in [0.2, 0.25) is 5.91 Å². The van der Waals surface area contributed by atoms with E-state index in [0.29, 0.717) is 11.6 Å². The fraction of sp³-hybridized carbons (Fsp3) is 0.750. The molecule has 1 aliphatic heterocycles. The van der Waals surface area contributed by atoms with Crippen LogP contribution in [0.3, 0.4) is 0 Å². The van der Waals surface area contributed by atoms with E-state index in [0.717, 1.165) is 19.4 Å². The first-order valence-corrected chi connectivity index (χ1v) is 6.29. The Morgan fingerprint density at radius 3 is 2.87 bits per heavy atom. The molecule has 0 aromatic heterocycles. The first-order chi connectivity index (χ1) is 7.25. The molecule has 2 nitrogen and oxygen atoms in total. The van der Waals surface area contributed by atoms with Gasteiger partial charge < -0.3 is 4.90 Å². The maximum atomic E-state index is 11.4. The number of nitrogens with zero attached hydrogens (tertiary/aromatic N) is 1. The van der Waals surface area contributed by atoms with Gasteiger partial charge in [-0.15, -0.1) is 0 Å². The summed E-state index contributed by atoms with van der Waals surface area (Å²) in [5.41, 5.74) is 0. The number of amides is 1. The number of unbranched alkanes of at least 4 members (excludes halogenated alkanes) is 4. The topological polar surface area (TPSA) is 20.3 Å². The molecule has 0 aromatic rings. The summed E-state index contributed by atoms with van der Waals surface area (Å²) in [5.74, 6) is 0.171. The van der Waals surface area contributed by atoms with Crippen molar-refractivity contribution in [2.45, 2.75) is 51.9 Å². The minimum absolute atomic E-state index is 0.171. The van der Waals surface area contributed by atoms with Crippen molar-refractivity contribution >= 4 is 17.5 Å². The maximum Gasteiger partial charge on any atom is 0.227 e. The van der Waals surface area contributed by atoms with Crippen LogP contribution in [-0.4, -0.2) is 17.4 Å². The highest BCUT2D eigenvalue weighted by Crippen LogP contribution is 2.20. The van der Waals surface area contributed by atoms with Gasteiger partial charge in [0.1, 0.15) is 5.16 Å². The molecule has 0 aromatic carbocycles. The predicted octanol–water partition coefficient (Wildman–Crippen LogP) is 3.66. The van der Waals surface area contributed by atoms with Crippen molar-refractivity contribution in [3.63, 3.8) is 0 Å². The van der Waals surface area contributed by atoms with Crippen LogP contribution < -0.4 is 0 Å². The molecule has 0 N–H and O–H groups in total. The van der Waals surface area contributed by atoms with E-state index in [4.69, 9.17) is 11.6 Å². The minimum Gasteiger partial charge on any atom is -0.303 e. The fourth-order valence-electron chi connectivity index (χ4n) is 1.78. The van der Waals surface area contributed by atoms with Crippen LogP contribution >= 0.6 is 11.6 Å². The zero-order valence-electron chi connectivity index (χ0n) is 9.47. The molecular formula is C12H20ClNO. The number of carbonyl (C=O) groups excluding carboxylic acids is 1. The zero-order chi connectivity index (χ0) is 11.1. The summed E-state index contributed by atoms with van der Waals surface area (Å²) in [7, 11) is 0. The lowest BCUT2D eigenvalue weighted by Gasteiger charge is -2.13. The molecule has 0 radical (unpaired) electrons. The number of hydrogen-bond acceptors (Lipinski definition) is 1. The largest absolute Gasteiger partial charge is 0.303 e. The van der Waals surface area contributed by atoms with Gasteiger partial charge in [-0.1, -0.05) is 37.8 Å². The molecule has 0 bridgehead atoms. The van der Waals surface area contributed by atoms with Gasteiger partial charge in [-0.3, -0.25) is 4.79 Å². The van der Waals surface area contributed by atoms with E-state index in [1.807, 2.05) is 6.08 Å². The number of carbonyl (C=O) groups is 1. The van der Waals surface area contributed by atoms with Crippen LogP contribution in [0, 0.1) is 0 Å². The summed E-state index contributed by atoms with van der Waals surface area (Å²) < 4.78 is 0. The smallest absolute Gasteiger partial charge is 0.227 e. The van der Waals surface area contributed by atoms with Gasteiger partial charge in [-0.25, -0.2) is 0 Å². The van der Waals surface area contributed by atoms with Gasteiger partial charge in [-0.05, 0) is 25.3 Å². The Bertz CT molecular complexity index is 238. The van der Waals surface area contributed by atoms with E-state index >= 15 is 0 Å². The molecule has 86 valence electrons. The Hall–Kier alpha value is -0.500. The molecule has 3 heteroatoms. The lowest BCUT2D eigenvalue weighted by molar-refractivity contribution is -0.125. The minimum atomic E-state index is 0.171. The molecule has 0 spiro atoms.